The van der Waals surface area contributed by atoms with Crippen molar-refractivity contribution in [3.8, 4) is 0 Å². The fraction of sp³-hybridized carbons (Fsp3) is 0.304. The van der Waals surface area contributed by atoms with Crippen LogP contribution in [0.2, 0.25) is 5.02 Å². The van der Waals surface area contributed by atoms with Gasteiger partial charge < -0.3 is 10.2 Å². The molecule has 0 bridgehead atoms. The van der Waals surface area contributed by atoms with E-state index in [9.17, 15) is 32.3 Å². The number of benzene rings is 2. The molecule has 0 radical (unpaired) electrons. The maximum atomic E-state index is 13.1. The lowest BCUT2D eigenvalue weighted by molar-refractivity contribution is -0.140. The van der Waals surface area contributed by atoms with Crippen molar-refractivity contribution in [1.82, 2.24) is 15.5 Å². The van der Waals surface area contributed by atoms with Crippen LogP contribution in [0.5, 0.6) is 0 Å². The van der Waals surface area contributed by atoms with Gasteiger partial charge in [-0.05, 0) is 47.9 Å². The van der Waals surface area contributed by atoms with Gasteiger partial charge in [0.05, 0.1) is 12.5 Å². The maximum absolute atomic E-state index is 13.1. The number of carbonyl (C=O) groups is 4. The lowest BCUT2D eigenvalue weighted by Crippen LogP contribution is -2.52. The molecule has 11 heteroatoms. The molecule has 2 aromatic carbocycles. The summed E-state index contributed by atoms with van der Waals surface area (Å²) in [5.41, 5.74) is 1.10. The van der Waals surface area contributed by atoms with E-state index in [0.29, 0.717) is 16.1 Å². The van der Waals surface area contributed by atoms with Crippen LogP contribution >= 0.6 is 11.6 Å². The van der Waals surface area contributed by atoms with Crippen LogP contribution in [-0.4, -0.2) is 40.7 Å². The first-order valence-corrected chi connectivity index (χ1v) is 10.8. The number of hydrogen-bond acceptors (Lipinski definition) is 4. The second-order valence-electron chi connectivity index (χ2n) is 8.17. The van der Waals surface area contributed by atoms with Gasteiger partial charge in [-0.2, -0.15) is 13.2 Å². The molecular formula is C23H19ClF3N3O4. The summed E-state index contributed by atoms with van der Waals surface area (Å²) in [7, 11) is 0. The van der Waals surface area contributed by atoms with Gasteiger partial charge in [-0.25, -0.2) is 0 Å². The summed E-state index contributed by atoms with van der Waals surface area (Å²) < 4.78 is 39.4. The third kappa shape index (κ3) is 5.06. The Kier molecular flexibility index (Phi) is 6.35. The number of halogens is 4. The molecule has 2 aliphatic rings. The minimum Gasteiger partial charge on any atom is -0.345 e. The molecule has 178 valence electrons. The molecule has 1 fully saturated rings. The van der Waals surface area contributed by atoms with Crippen LogP contribution in [0.4, 0.5) is 13.2 Å². The normalized spacial score (nSPS) is 19.0. The Labute approximate surface area is 197 Å². The third-order valence-corrected chi connectivity index (χ3v) is 6.05. The number of nitrogens with zero attached hydrogens (tertiary/aromatic N) is 1. The second kappa shape index (κ2) is 9.09. The molecule has 1 saturated heterocycles. The first-order chi connectivity index (χ1) is 16.0. The zero-order chi connectivity index (χ0) is 24.6. The van der Waals surface area contributed by atoms with Crippen LogP contribution < -0.4 is 10.6 Å². The van der Waals surface area contributed by atoms with Crippen LogP contribution in [0.1, 0.15) is 57.1 Å². The first kappa shape index (κ1) is 23.7. The van der Waals surface area contributed by atoms with Gasteiger partial charge in [0.2, 0.25) is 11.8 Å². The van der Waals surface area contributed by atoms with Crippen molar-refractivity contribution in [2.75, 3.05) is 0 Å². The number of fused-ring (bicyclic) bond motifs is 1. The Hall–Kier alpha value is -3.40. The fourth-order valence-corrected chi connectivity index (χ4v) is 4.26. The largest absolute Gasteiger partial charge is 0.391 e. The van der Waals surface area contributed by atoms with Crippen molar-refractivity contribution >= 4 is 35.2 Å². The predicted octanol–water partition coefficient (Wildman–Crippen LogP) is 3.52. The molecule has 2 atom stereocenters. The Morgan fingerprint density at radius 3 is 2.50 bits per heavy atom. The molecule has 0 saturated carbocycles. The van der Waals surface area contributed by atoms with E-state index in [1.807, 2.05) is 0 Å². The Morgan fingerprint density at radius 2 is 1.85 bits per heavy atom. The summed E-state index contributed by atoms with van der Waals surface area (Å²) >= 11 is 5.82. The lowest BCUT2D eigenvalue weighted by atomic mass is 10.0. The molecule has 0 aromatic heterocycles. The number of hydrogen-bond donors (Lipinski definition) is 2. The summed E-state index contributed by atoms with van der Waals surface area (Å²) in [6.07, 6.45) is -5.50. The molecule has 2 N–H and O–H groups in total. The SMILES string of the molecule is O=C1CCC(N2Cc3cc(C(=O)N[C@@H](CC(F)(F)F)c4ccc(Cl)cc4)ccc3C2=O)C(=O)N1. The van der Waals surface area contributed by atoms with E-state index in [1.54, 1.807) is 0 Å². The number of carbonyl (C=O) groups excluding carboxylic acids is 4. The Balaban J connectivity index is 1.53. The average Bonchev–Trinajstić information content (AvgIpc) is 3.08. The molecule has 0 spiro atoms. The number of alkyl halides is 3. The fourth-order valence-electron chi connectivity index (χ4n) is 4.14. The Morgan fingerprint density at radius 1 is 1.15 bits per heavy atom. The lowest BCUT2D eigenvalue weighted by Gasteiger charge is -2.29. The standard InChI is InChI=1S/C23H19ClF3N3O4/c24-15-4-1-12(2-5-15)17(10-23(25,26)27)28-20(32)13-3-6-16-14(9-13)11-30(22(16)34)18-7-8-19(31)29-21(18)33/h1-6,9,17-18H,7-8,10-11H2,(H,28,32)(H,29,31,33)/t17-,18?/m0/s1. The van der Waals surface area contributed by atoms with Crippen LogP contribution in [0.3, 0.4) is 0 Å². The summed E-state index contributed by atoms with van der Waals surface area (Å²) in [5, 5.41) is 4.97. The number of imide groups is 1. The Bertz CT molecular complexity index is 1170. The van der Waals surface area contributed by atoms with E-state index in [1.165, 1.54) is 47.4 Å². The monoisotopic (exact) mass is 493 g/mol. The highest BCUT2D eigenvalue weighted by Crippen LogP contribution is 2.31. The summed E-state index contributed by atoms with van der Waals surface area (Å²) in [6.45, 7) is 0.0464. The smallest absolute Gasteiger partial charge is 0.345 e. The van der Waals surface area contributed by atoms with E-state index < -0.39 is 48.3 Å². The zero-order valence-corrected chi connectivity index (χ0v) is 18.4. The van der Waals surface area contributed by atoms with Crippen molar-refractivity contribution in [2.24, 2.45) is 0 Å². The summed E-state index contributed by atoms with van der Waals surface area (Å²) in [6, 6.07) is 7.77. The van der Waals surface area contributed by atoms with E-state index in [0.717, 1.165) is 0 Å². The average molecular weight is 494 g/mol. The van der Waals surface area contributed by atoms with Crippen LogP contribution in [0.25, 0.3) is 0 Å². The number of amides is 4. The van der Waals surface area contributed by atoms with Crippen LogP contribution in [0, 0.1) is 0 Å². The third-order valence-electron chi connectivity index (χ3n) is 5.80. The molecule has 2 heterocycles. The maximum Gasteiger partial charge on any atom is 0.391 e. The quantitative estimate of drug-likeness (QED) is 0.623. The first-order valence-electron chi connectivity index (χ1n) is 10.4. The minimum atomic E-state index is -4.52. The molecular weight excluding hydrogens is 475 g/mol. The highest BCUT2D eigenvalue weighted by Gasteiger charge is 2.39. The van der Waals surface area contributed by atoms with E-state index in [2.05, 4.69) is 10.6 Å². The molecule has 2 aliphatic heterocycles. The van der Waals surface area contributed by atoms with Crippen molar-refractivity contribution in [1.29, 1.82) is 0 Å². The van der Waals surface area contributed by atoms with Gasteiger partial charge in [0.15, 0.2) is 0 Å². The van der Waals surface area contributed by atoms with Crippen molar-refractivity contribution in [3.05, 3.63) is 69.7 Å². The van der Waals surface area contributed by atoms with E-state index in [4.69, 9.17) is 11.6 Å². The van der Waals surface area contributed by atoms with Crippen LogP contribution in [-0.2, 0) is 16.1 Å². The topological polar surface area (TPSA) is 95.6 Å². The highest BCUT2D eigenvalue weighted by atomic mass is 35.5. The predicted molar refractivity (Wildman–Crippen MR) is 115 cm³/mol. The molecule has 0 aliphatic carbocycles. The van der Waals surface area contributed by atoms with Gasteiger partial charge in [-0.3, -0.25) is 24.5 Å². The van der Waals surface area contributed by atoms with Gasteiger partial charge >= 0.3 is 6.18 Å². The van der Waals surface area contributed by atoms with Gasteiger partial charge in [-0.15, -0.1) is 0 Å². The van der Waals surface area contributed by atoms with Crippen LogP contribution in [0.15, 0.2) is 42.5 Å². The van der Waals surface area contributed by atoms with Crippen molar-refractivity contribution < 1.29 is 32.3 Å². The van der Waals surface area contributed by atoms with Gasteiger partial charge in [0, 0.05) is 29.1 Å². The number of nitrogens with one attached hydrogen (secondary N) is 2. The van der Waals surface area contributed by atoms with E-state index in [-0.39, 0.29) is 30.5 Å². The number of rotatable bonds is 5. The van der Waals surface area contributed by atoms with E-state index >= 15 is 0 Å². The van der Waals surface area contributed by atoms with Gasteiger partial charge in [0.25, 0.3) is 11.8 Å². The van der Waals surface area contributed by atoms with Gasteiger partial charge in [0.1, 0.15) is 6.04 Å². The molecule has 1 unspecified atom stereocenters. The molecule has 2 aromatic rings. The zero-order valence-electron chi connectivity index (χ0n) is 17.6. The van der Waals surface area contributed by atoms with Crippen molar-refractivity contribution in [3.63, 3.8) is 0 Å². The van der Waals surface area contributed by atoms with Gasteiger partial charge in [-0.1, -0.05) is 23.7 Å². The minimum absolute atomic E-state index is 0.0464. The number of piperidine rings is 1. The highest BCUT2D eigenvalue weighted by molar-refractivity contribution is 6.30. The second-order valence-corrected chi connectivity index (χ2v) is 8.61. The summed E-state index contributed by atoms with van der Waals surface area (Å²) in [4.78, 5) is 50.5. The molecule has 4 amide bonds. The van der Waals surface area contributed by atoms with Crippen molar-refractivity contribution in [2.45, 2.75) is 44.1 Å². The summed E-state index contributed by atoms with van der Waals surface area (Å²) in [5.74, 6) is -2.11. The molecule has 4 rings (SSSR count). The molecule has 7 nitrogen and oxygen atoms in total. The molecule has 34 heavy (non-hydrogen) atoms.